The molecule has 0 spiro atoms. The van der Waals surface area contributed by atoms with Crippen LogP contribution in [0.25, 0.3) is 22.0 Å². The van der Waals surface area contributed by atoms with Crippen molar-refractivity contribution in [2.75, 3.05) is 6.26 Å². The fraction of sp³-hybridized carbons (Fsp3) is 0.125. The first-order valence-electron chi connectivity index (χ1n) is 6.53. The van der Waals surface area contributed by atoms with Gasteiger partial charge in [-0.25, -0.2) is 4.39 Å². The highest BCUT2D eigenvalue weighted by atomic mass is 32.2. The monoisotopic (exact) mass is 302 g/mol. The Labute approximate surface area is 124 Å². The minimum Gasteiger partial charge on any atom is -0.360 e. The Morgan fingerprint density at radius 3 is 2.76 bits per heavy atom. The molecule has 0 amide bonds. The molecule has 1 heterocycles. The molecular formula is C16H15FN2OS. The molecule has 1 atom stereocenters. The molecule has 0 radical (unpaired) electrons. The highest BCUT2D eigenvalue weighted by molar-refractivity contribution is 7.84. The van der Waals surface area contributed by atoms with Crippen LogP contribution in [0.3, 0.4) is 0 Å². The standard InChI is InChI=1S/C16H15FN2OS/c1-21(20)16-5-2-10(6-11(16)8-18)14-9-19-15-7-12(17)3-4-13(14)15/h2-7,9,19H,8,18H2,1H3. The Morgan fingerprint density at radius 1 is 1.24 bits per heavy atom. The van der Waals surface area contributed by atoms with Gasteiger partial charge in [-0.3, -0.25) is 4.21 Å². The molecule has 1 aromatic heterocycles. The summed E-state index contributed by atoms with van der Waals surface area (Å²) >= 11 is 0. The number of H-pyrrole nitrogens is 1. The van der Waals surface area contributed by atoms with E-state index < -0.39 is 10.8 Å². The molecule has 0 aliphatic heterocycles. The second-order valence-corrected chi connectivity index (χ2v) is 6.22. The second-order valence-electron chi connectivity index (χ2n) is 4.87. The molecule has 108 valence electrons. The number of nitrogens with two attached hydrogens (primary N) is 1. The predicted octanol–water partition coefficient (Wildman–Crippen LogP) is 3.17. The van der Waals surface area contributed by atoms with Gasteiger partial charge in [0.2, 0.25) is 0 Å². The molecule has 3 rings (SSSR count). The third-order valence-electron chi connectivity index (χ3n) is 3.54. The second kappa shape index (κ2) is 5.42. The van der Waals surface area contributed by atoms with E-state index in [0.29, 0.717) is 6.54 Å². The zero-order chi connectivity index (χ0) is 15.0. The zero-order valence-corrected chi connectivity index (χ0v) is 12.3. The SMILES string of the molecule is CS(=O)c1ccc(-c2c[nH]c3cc(F)ccc23)cc1CN. The molecule has 0 aliphatic carbocycles. The minimum atomic E-state index is -1.06. The summed E-state index contributed by atoms with van der Waals surface area (Å²) in [5.74, 6) is -0.268. The van der Waals surface area contributed by atoms with Crippen LogP contribution in [-0.4, -0.2) is 15.4 Å². The van der Waals surface area contributed by atoms with Gasteiger partial charge in [0.25, 0.3) is 0 Å². The summed E-state index contributed by atoms with van der Waals surface area (Å²) in [5, 5.41) is 0.949. The van der Waals surface area contributed by atoms with Gasteiger partial charge >= 0.3 is 0 Å². The maximum atomic E-state index is 13.2. The lowest BCUT2D eigenvalue weighted by atomic mass is 10.0. The van der Waals surface area contributed by atoms with E-state index in [1.807, 2.05) is 24.4 Å². The first-order chi connectivity index (χ1) is 10.1. The largest absolute Gasteiger partial charge is 0.360 e. The van der Waals surface area contributed by atoms with Gasteiger partial charge in [-0.05, 0) is 41.5 Å². The van der Waals surface area contributed by atoms with Crippen molar-refractivity contribution in [2.45, 2.75) is 11.4 Å². The molecule has 0 bridgehead atoms. The van der Waals surface area contributed by atoms with Crippen LogP contribution in [0.2, 0.25) is 0 Å². The van der Waals surface area contributed by atoms with E-state index in [-0.39, 0.29) is 5.82 Å². The summed E-state index contributed by atoms with van der Waals surface area (Å²) < 4.78 is 24.9. The quantitative estimate of drug-likeness (QED) is 0.780. The summed E-state index contributed by atoms with van der Waals surface area (Å²) in [4.78, 5) is 3.83. The lowest BCUT2D eigenvalue weighted by Crippen LogP contribution is -2.02. The van der Waals surface area contributed by atoms with Crippen molar-refractivity contribution in [3.8, 4) is 11.1 Å². The van der Waals surface area contributed by atoms with Crippen LogP contribution in [0.5, 0.6) is 0 Å². The van der Waals surface area contributed by atoms with Crippen LogP contribution < -0.4 is 5.73 Å². The Balaban J connectivity index is 2.16. The van der Waals surface area contributed by atoms with Gasteiger partial charge in [0.1, 0.15) is 5.82 Å². The van der Waals surface area contributed by atoms with Crippen LogP contribution in [0.15, 0.2) is 47.5 Å². The fourth-order valence-corrected chi connectivity index (χ4v) is 3.30. The highest BCUT2D eigenvalue weighted by Crippen LogP contribution is 2.30. The lowest BCUT2D eigenvalue weighted by Gasteiger charge is -2.08. The summed E-state index contributed by atoms with van der Waals surface area (Å²) in [5.41, 5.74) is 9.32. The number of nitrogens with one attached hydrogen (secondary N) is 1. The van der Waals surface area contributed by atoms with E-state index in [9.17, 15) is 8.60 Å². The fourth-order valence-electron chi connectivity index (χ4n) is 2.52. The Bertz CT molecular complexity index is 841. The van der Waals surface area contributed by atoms with Gasteiger partial charge in [0.15, 0.2) is 0 Å². The number of hydrogen-bond acceptors (Lipinski definition) is 2. The molecule has 3 N–H and O–H groups in total. The Kier molecular flexibility index (Phi) is 3.61. The first-order valence-corrected chi connectivity index (χ1v) is 8.09. The van der Waals surface area contributed by atoms with Gasteiger partial charge in [0, 0.05) is 40.4 Å². The number of aromatic nitrogens is 1. The first kappa shape index (κ1) is 14.0. The van der Waals surface area contributed by atoms with Gasteiger partial charge < -0.3 is 10.7 Å². The Morgan fingerprint density at radius 2 is 2.05 bits per heavy atom. The van der Waals surface area contributed by atoms with Crippen molar-refractivity contribution in [3.05, 3.63) is 54.0 Å². The number of aromatic amines is 1. The van der Waals surface area contributed by atoms with Crippen LogP contribution in [-0.2, 0) is 17.3 Å². The summed E-state index contributed by atoms with van der Waals surface area (Å²) in [7, 11) is -1.06. The number of fused-ring (bicyclic) bond motifs is 1. The third kappa shape index (κ3) is 2.50. The topological polar surface area (TPSA) is 58.9 Å². The molecule has 2 aromatic carbocycles. The molecule has 0 fully saturated rings. The number of halogens is 1. The number of hydrogen-bond donors (Lipinski definition) is 2. The maximum Gasteiger partial charge on any atom is 0.125 e. The van der Waals surface area contributed by atoms with Crippen LogP contribution in [0.4, 0.5) is 4.39 Å². The van der Waals surface area contributed by atoms with Gasteiger partial charge in [-0.15, -0.1) is 0 Å². The van der Waals surface area contributed by atoms with E-state index in [1.54, 1.807) is 12.3 Å². The van der Waals surface area contributed by atoms with Gasteiger partial charge in [-0.1, -0.05) is 6.07 Å². The normalized spacial score (nSPS) is 12.7. The average Bonchev–Trinajstić information content (AvgIpc) is 2.89. The van der Waals surface area contributed by atoms with Crippen molar-refractivity contribution in [3.63, 3.8) is 0 Å². The van der Waals surface area contributed by atoms with Crippen LogP contribution in [0, 0.1) is 5.82 Å². The van der Waals surface area contributed by atoms with Crippen molar-refractivity contribution < 1.29 is 8.60 Å². The predicted molar refractivity (Wildman–Crippen MR) is 83.9 cm³/mol. The van der Waals surface area contributed by atoms with E-state index in [4.69, 9.17) is 5.73 Å². The smallest absolute Gasteiger partial charge is 0.125 e. The van der Waals surface area contributed by atoms with Crippen molar-refractivity contribution in [1.82, 2.24) is 4.98 Å². The summed E-state index contributed by atoms with van der Waals surface area (Å²) in [6, 6.07) is 10.4. The van der Waals surface area contributed by atoms with Crippen molar-refractivity contribution >= 4 is 21.7 Å². The lowest BCUT2D eigenvalue weighted by molar-refractivity contribution is 0.629. The molecule has 5 heteroatoms. The van der Waals surface area contributed by atoms with E-state index in [1.165, 1.54) is 12.1 Å². The Hall–Kier alpha value is -1.98. The molecule has 1 unspecified atom stereocenters. The molecule has 0 aliphatic rings. The highest BCUT2D eigenvalue weighted by Gasteiger charge is 2.11. The van der Waals surface area contributed by atoms with Gasteiger partial charge in [-0.2, -0.15) is 0 Å². The van der Waals surface area contributed by atoms with Gasteiger partial charge in [0.05, 0.1) is 10.8 Å². The van der Waals surface area contributed by atoms with Crippen LogP contribution >= 0.6 is 0 Å². The van der Waals surface area contributed by atoms with Crippen molar-refractivity contribution in [1.29, 1.82) is 0 Å². The zero-order valence-electron chi connectivity index (χ0n) is 11.5. The average molecular weight is 302 g/mol. The molecule has 0 saturated carbocycles. The van der Waals surface area contributed by atoms with Crippen molar-refractivity contribution in [2.24, 2.45) is 5.73 Å². The minimum absolute atomic E-state index is 0.268. The van der Waals surface area contributed by atoms with Crippen LogP contribution in [0.1, 0.15) is 5.56 Å². The van der Waals surface area contributed by atoms with E-state index in [2.05, 4.69) is 4.98 Å². The molecule has 3 nitrogen and oxygen atoms in total. The summed E-state index contributed by atoms with van der Waals surface area (Å²) in [6.45, 7) is 0.333. The number of rotatable bonds is 3. The number of benzene rings is 2. The van der Waals surface area contributed by atoms with E-state index in [0.717, 1.165) is 32.5 Å². The third-order valence-corrected chi connectivity index (χ3v) is 4.56. The maximum absolute atomic E-state index is 13.2. The molecular weight excluding hydrogens is 287 g/mol. The molecule has 0 saturated heterocycles. The summed E-state index contributed by atoms with van der Waals surface area (Å²) in [6.07, 6.45) is 3.49. The molecule has 3 aromatic rings. The van der Waals surface area contributed by atoms with E-state index >= 15 is 0 Å². The molecule has 21 heavy (non-hydrogen) atoms.